The first-order valence-corrected chi connectivity index (χ1v) is 4.74. The van der Waals surface area contributed by atoms with Crippen LogP contribution < -0.4 is 5.73 Å². The van der Waals surface area contributed by atoms with Crippen LogP contribution in [-0.2, 0) is 4.79 Å². The van der Waals surface area contributed by atoms with Crippen LogP contribution in [0.25, 0.3) is 0 Å². The molecule has 3 atom stereocenters. The van der Waals surface area contributed by atoms with Gasteiger partial charge in [0.15, 0.2) is 0 Å². The minimum absolute atomic E-state index is 0.0292. The first-order chi connectivity index (χ1) is 6.07. The van der Waals surface area contributed by atoms with Crippen molar-refractivity contribution < 1.29 is 9.90 Å². The number of hydrogen-bond acceptors (Lipinski definition) is 3. The third-order valence-electron chi connectivity index (χ3n) is 2.74. The van der Waals surface area contributed by atoms with E-state index in [4.69, 9.17) is 10.8 Å². The molecule has 1 aliphatic rings. The van der Waals surface area contributed by atoms with Gasteiger partial charge in [0.25, 0.3) is 0 Å². The van der Waals surface area contributed by atoms with Gasteiger partial charge in [-0.15, -0.1) is 0 Å². The van der Waals surface area contributed by atoms with Crippen molar-refractivity contribution in [3.05, 3.63) is 0 Å². The summed E-state index contributed by atoms with van der Waals surface area (Å²) in [6, 6.07) is -0.488. The van der Waals surface area contributed by atoms with Crippen molar-refractivity contribution in [2.45, 2.75) is 32.4 Å². The molecule has 1 saturated heterocycles. The highest BCUT2D eigenvalue weighted by Gasteiger charge is 2.34. The fraction of sp³-hybridized carbons (Fsp3) is 0.889. The monoisotopic (exact) mass is 186 g/mol. The molecule has 1 aliphatic heterocycles. The van der Waals surface area contributed by atoms with Gasteiger partial charge >= 0.3 is 0 Å². The first kappa shape index (κ1) is 10.5. The molecule has 76 valence electrons. The average molecular weight is 186 g/mol. The predicted molar refractivity (Wildman–Crippen MR) is 50.0 cm³/mol. The van der Waals surface area contributed by atoms with E-state index in [1.54, 1.807) is 11.8 Å². The highest BCUT2D eigenvalue weighted by molar-refractivity contribution is 5.81. The summed E-state index contributed by atoms with van der Waals surface area (Å²) in [7, 11) is 0. The quantitative estimate of drug-likeness (QED) is 0.614. The fourth-order valence-electron chi connectivity index (χ4n) is 1.82. The minimum Gasteiger partial charge on any atom is -0.394 e. The molecule has 1 heterocycles. The Morgan fingerprint density at radius 3 is 2.85 bits per heavy atom. The topological polar surface area (TPSA) is 66.6 Å². The van der Waals surface area contributed by atoms with Crippen LogP contribution in [0.5, 0.6) is 0 Å². The van der Waals surface area contributed by atoms with Gasteiger partial charge in [-0.3, -0.25) is 4.79 Å². The van der Waals surface area contributed by atoms with Crippen molar-refractivity contribution in [1.29, 1.82) is 0 Å². The largest absolute Gasteiger partial charge is 0.394 e. The standard InChI is InChI=1S/C9H18N2O2/c1-6-3-4-11(8(6)5-12)9(13)7(2)10/h6-8,12H,3-5,10H2,1-2H3/t6?,7-,8?/m0/s1. The van der Waals surface area contributed by atoms with Gasteiger partial charge in [0, 0.05) is 6.54 Å². The van der Waals surface area contributed by atoms with Crippen molar-refractivity contribution in [2.75, 3.05) is 13.2 Å². The molecule has 1 amide bonds. The molecule has 0 aromatic heterocycles. The van der Waals surface area contributed by atoms with Gasteiger partial charge in [0.1, 0.15) is 0 Å². The lowest BCUT2D eigenvalue weighted by molar-refractivity contribution is -0.134. The summed E-state index contributed by atoms with van der Waals surface area (Å²) in [6.07, 6.45) is 0.962. The van der Waals surface area contributed by atoms with Crippen LogP contribution in [0.4, 0.5) is 0 Å². The van der Waals surface area contributed by atoms with E-state index >= 15 is 0 Å². The number of nitrogens with zero attached hydrogens (tertiary/aromatic N) is 1. The molecule has 0 aromatic rings. The Hall–Kier alpha value is -0.610. The summed E-state index contributed by atoms with van der Waals surface area (Å²) in [5.74, 6) is 0.330. The number of nitrogens with two attached hydrogens (primary N) is 1. The fourth-order valence-corrected chi connectivity index (χ4v) is 1.82. The molecule has 2 unspecified atom stereocenters. The Labute approximate surface area is 78.7 Å². The van der Waals surface area contributed by atoms with E-state index in [2.05, 4.69) is 6.92 Å². The van der Waals surface area contributed by atoms with Crippen molar-refractivity contribution in [1.82, 2.24) is 4.90 Å². The smallest absolute Gasteiger partial charge is 0.239 e. The summed E-state index contributed by atoms with van der Waals surface area (Å²) in [5, 5.41) is 9.10. The van der Waals surface area contributed by atoms with E-state index in [1.807, 2.05) is 0 Å². The minimum atomic E-state index is -0.459. The Bertz CT molecular complexity index is 194. The molecule has 3 N–H and O–H groups in total. The molecule has 4 heteroatoms. The number of hydrogen-bond donors (Lipinski definition) is 2. The van der Waals surface area contributed by atoms with Gasteiger partial charge in [-0.05, 0) is 19.3 Å². The molecular formula is C9H18N2O2. The maximum atomic E-state index is 11.5. The third kappa shape index (κ3) is 2.00. The lowest BCUT2D eigenvalue weighted by Gasteiger charge is -2.26. The zero-order chi connectivity index (χ0) is 10.0. The highest BCUT2D eigenvalue weighted by Crippen LogP contribution is 2.23. The number of rotatable bonds is 2. The number of likely N-dealkylation sites (tertiary alicyclic amines) is 1. The number of carbonyl (C=O) groups is 1. The lowest BCUT2D eigenvalue weighted by atomic mass is 10.0. The molecule has 0 saturated carbocycles. The number of carbonyl (C=O) groups excluding carboxylic acids is 1. The summed E-state index contributed by atoms with van der Waals surface area (Å²) in [5.41, 5.74) is 5.51. The number of amides is 1. The van der Waals surface area contributed by atoms with E-state index in [0.717, 1.165) is 13.0 Å². The van der Waals surface area contributed by atoms with Crippen molar-refractivity contribution in [2.24, 2.45) is 11.7 Å². The van der Waals surface area contributed by atoms with Gasteiger partial charge in [-0.1, -0.05) is 6.92 Å². The Morgan fingerprint density at radius 1 is 1.77 bits per heavy atom. The highest BCUT2D eigenvalue weighted by atomic mass is 16.3. The van der Waals surface area contributed by atoms with Crippen LogP contribution in [0.1, 0.15) is 20.3 Å². The van der Waals surface area contributed by atoms with Gasteiger partial charge in [0.05, 0.1) is 18.7 Å². The second-order valence-corrected chi connectivity index (χ2v) is 3.84. The zero-order valence-corrected chi connectivity index (χ0v) is 8.23. The van der Waals surface area contributed by atoms with Gasteiger partial charge in [-0.2, -0.15) is 0 Å². The normalized spacial score (nSPS) is 30.6. The van der Waals surface area contributed by atoms with Crippen LogP contribution in [0, 0.1) is 5.92 Å². The SMILES string of the molecule is CC1CCN(C(=O)[C@H](C)N)C1CO. The number of aliphatic hydroxyl groups is 1. The van der Waals surface area contributed by atoms with E-state index in [-0.39, 0.29) is 18.6 Å². The maximum absolute atomic E-state index is 11.5. The lowest BCUT2D eigenvalue weighted by Crippen LogP contribution is -2.46. The molecule has 0 bridgehead atoms. The Morgan fingerprint density at radius 2 is 2.38 bits per heavy atom. The van der Waals surface area contributed by atoms with E-state index in [9.17, 15) is 4.79 Å². The summed E-state index contributed by atoms with van der Waals surface area (Å²) >= 11 is 0. The Balaban J connectivity index is 2.65. The van der Waals surface area contributed by atoms with Crippen LogP contribution in [0.15, 0.2) is 0 Å². The third-order valence-corrected chi connectivity index (χ3v) is 2.74. The van der Waals surface area contributed by atoms with Gasteiger partial charge in [0.2, 0.25) is 5.91 Å². The van der Waals surface area contributed by atoms with Crippen LogP contribution in [0.2, 0.25) is 0 Å². The molecule has 1 fully saturated rings. The van der Waals surface area contributed by atoms with Gasteiger partial charge < -0.3 is 15.7 Å². The second-order valence-electron chi connectivity index (χ2n) is 3.84. The molecule has 13 heavy (non-hydrogen) atoms. The van der Waals surface area contributed by atoms with Crippen molar-refractivity contribution in [3.8, 4) is 0 Å². The molecule has 1 rings (SSSR count). The molecule has 0 radical (unpaired) electrons. The molecule has 0 aliphatic carbocycles. The Kier molecular flexibility index (Phi) is 3.27. The van der Waals surface area contributed by atoms with Crippen LogP contribution >= 0.6 is 0 Å². The van der Waals surface area contributed by atoms with Crippen molar-refractivity contribution in [3.63, 3.8) is 0 Å². The first-order valence-electron chi connectivity index (χ1n) is 4.74. The molecule has 4 nitrogen and oxygen atoms in total. The van der Waals surface area contributed by atoms with E-state index < -0.39 is 6.04 Å². The molecule has 0 aromatic carbocycles. The average Bonchev–Trinajstić information content (AvgIpc) is 2.45. The summed E-state index contributed by atoms with van der Waals surface area (Å²) < 4.78 is 0. The number of aliphatic hydroxyl groups excluding tert-OH is 1. The molecular weight excluding hydrogens is 168 g/mol. The van der Waals surface area contributed by atoms with Crippen LogP contribution in [0.3, 0.4) is 0 Å². The van der Waals surface area contributed by atoms with E-state index in [0.29, 0.717) is 5.92 Å². The predicted octanol–water partition coefficient (Wildman–Crippen LogP) is -0.437. The summed E-state index contributed by atoms with van der Waals surface area (Å²) in [6.45, 7) is 4.50. The molecule has 0 spiro atoms. The van der Waals surface area contributed by atoms with Gasteiger partial charge in [-0.25, -0.2) is 0 Å². The van der Waals surface area contributed by atoms with Crippen molar-refractivity contribution >= 4 is 5.91 Å². The zero-order valence-electron chi connectivity index (χ0n) is 8.23. The summed E-state index contributed by atoms with van der Waals surface area (Å²) in [4.78, 5) is 13.3. The van der Waals surface area contributed by atoms with E-state index in [1.165, 1.54) is 0 Å². The second kappa shape index (κ2) is 4.07. The maximum Gasteiger partial charge on any atom is 0.239 e. The van der Waals surface area contributed by atoms with Crippen LogP contribution in [-0.4, -0.2) is 41.1 Å².